The first-order chi connectivity index (χ1) is 8.51. The van der Waals surface area contributed by atoms with Crippen molar-refractivity contribution in [3.63, 3.8) is 0 Å². The van der Waals surface area contributed by atoms with Crippen molar-refractivity contribution in [1.82, 2.24) is 0 Å². The molecular formula is C15H15BrOS. The minimum atomic E-state index is -0.440. The maximum atomic E-state index is 12.5. The SMILES string of the molecule is CC(C)(C(=O)Cc1sccc1Br)c1ccccc1. The highest BCUT2D eigenvalue weighted by Crippen LogP contribution is 2.29. The topological polar surface area (TPSA) is 17.1 Å². The van der Waals surface area contributed by atoms with Gasteiger partial charge in [-0.15, -0.1) is 11.3 Å². The second-order valence-electron chi connectivity index (χ2n) is 4.78. The van der Waals surface area contributed by atoms with Crippen molar-refractivity contribution in [3.05, 3.63) is 56.7 Å². The summed E-state index contributed by atoms with van der Waals surface area (Å²) in [6, 6.07) is 11.9. The highest BCUT2D eigenvalue weighted by atomic mass is 79.9. The quantitative estimate of drug-likeness (QED) is 0.804. The summed E-state index contributed by atoms with van der Waals surface area (Å²) in [5.74, 6) is 0.247. The Kier molecular flexibility index (Phi) is 4.03. The van der Waals surface area contributed by atoms with Crippen LogP contribution >= 0.6 is 27.3 Å². The molecule has 2 aromatic rings. The van der Waals surface area contributed by atoms with Gasteiger partial charge in [0.1, 0.15) is 5.78 Å². The van der Waals surface area contributed by atoms with Gasteiger partial charge in [0.05, 0.1) is 0 Å². The summed E-state index contributed by atoms with van der Waals surface area (Å²) in [7, 11) is 0. The first kappa shape index (κ1) is 13.5. The Bertz CT molecular complexity index is 543. The fourth-order valence-electron chi connectivity index (χ4n) is 1.83. The van der Waals surface area contributed by atoms with E-state index in [1.807, 2.05) is 55.6 Å². The summed E-state index contributed by atoms with van der Waals surface area (Å²) in [5.41, 5.74) is 0.632. The molecule has 1 aromatic heterocycles. The number of benzene rings is 1. The van der Waals surface area contributed by atoms with Crippen molar-refractivity contribution >= 4 is 33.0 Å². The van der Waals surface area contributed by atoms with Crippen LogP contribution < -0.4 is 0 Å². The van der Waals surface area contributed by atoms with Crippen LogP contribution in [0.3, 0.4) is 0 Å². The molecule has 0 aliphatic carbocycles. The lowest BCUT2D eigenvalue weighted by Crippen LogP contribution is -2.30. The second-order valence-corrected chi connectivity index (χ2v) is 6.64. The summed E-state index contributed by atoms with van der Waals surface area (Å²) >= 11 is 5.10. The van der Waals surface area contributed by atoms with E-state index in [0.29, 0.717) is 6.42 Å². The molecule has 18 heavy (non-hydrogen) atoms. The number of Topliss-reactive ketones (excluding diaryl/α,β-unsaturated/α-hetero) is 1. The lowest BCUT2D eigenvalue weighted by Gasteiger charge is -2.23. The molecule has 3 heteroatoms. The van der Waals surface area contributed by atoms with Gasteiger partial charge in [-0.2, -0.15) is 0 Å². The molecule has 2 rings (SSSR count). The molecule has 1 heterocycles. The average Bonchev–Trinajstić information content (AvgIpc) is 2.76. The van der Waals surface area contributed by atoms with E-state index in [1.54, 1.807) is 11.3 Å². The van der Waals surface area contributed by atoms with Crippen LogP contribution in [0.4, 0.5) is 0 Å². The van der Waals surface area contributed by atoms with Crippen LogP contribution in [0.5, 0.6) is 0 Å². The third-order valence-corrected chi connectivity index (χ3v) is 5.13. The van der Waals surface area contributed by atoms with Gasteiger partial charge in [0, 0.05) is 21.2 Å². The van der Waals surface area contributed by atoms with E-state index in [1.165, 1.54) is 0 Å². The van der Waals surface area contributed by atoms with Crippen molar-refractivity contribution in [1.29, 1.82) is 0 Å². The highest BCUT2D eigenvalue weighted by molar-refractivity contribution is 9.10. The smallest absolute Gasteiger partial charge is 0.148 e. The zero-order valence-electron chi connectivity index (χ0n) is 10.4. The van der Waals surface area contributed by atoms with Gasteiger partial charge >= 0.3 is 0 Å². The van der Waals surface area contributed by atoms with Gasteiger partial charge in [-0.3, -0.25) is 4.79 Å². The molecule has 0 saturated carbocycles. The Morgan fingerprint density at radius 2 is 1.89 bits per heavy atom. The summed E-state index contributed by atoms with van der Waals surface area (Å²) in [6.07, 6.45) is 0.486. The number of carbonyl (C=O) groups excluding carboxylic acids is 1. The zero-order chi connectivity index (χ0) is 13.2. The van der Waals surface area contributed by atoms with Crippen LogP contribution in [-0.4, -0.2) is 5.78 Å². The lowest BCUT2D eigenvalue weighted by molar-refractivity contribution is -0.122. The molecule has 0 amide bonds. The number of thiophene rings is 1. The molecule has 0 unspecified atom stereocenters. The molecule has 0 aliphatic heterocycles. The van der Waals surface area contributed by atoms with E-state index >= 15 is 0 Å². The second kappa shape index (κ2) is 5.37. The largest absolute Gasteiger partial charge is 0.298 e. The van der Waals surface area contributed by atoms with E-state index in [4.69, 9.17) is 0 Å². The number of rotatable bonds is 4. The van der Waals surface area contributed by atoms with Crippen LogP contribution in [0.1, 0.15) is 24.3 Å². The highest BCUT2D eigenvalue weighted by Gasteiger charge is 2.29. The fourth-order valence-corrected chi connectivity index (χ4v) is 3.32. The minimum Gasteiger partial charge on any atom is -0.298 e. The molecular weight excluding hydrogens is 308 g/mol. The first-order valence-electron chi connectivity index (χ1n) is 5.82. The summed E-state index contributed by atoms with van der Waals surface area (Å²) in [5, 5.41) is 2.00. The van der Waals surface area contributed by atoms with Crippen LogP contribution in [0.15, 0.2) is 46.3 Å². The van der Waals surface area contributed by atoms with E-state index in [0.717, 1.165) is 14.9 Å². The summed E-state index contributed by atoms with van der Waals surface area (Å²) in [4.78, 5) is 13.6. The molecule has 0 atom stereocenters. The Hall–Kier alpha value is -0.930. The first-order valence-corrected chi connectivity index (χ1v) is 7.50. The Morgan fingerprint density at radius 1 is 1.22 bits per heavy atom. The molecule has 0 aliphatic rings. The molecule has 0 spiro atoms. The molecule has 94 valence electrons. The van der Waals surface area contributed by atoms with Crippen LogP contribution in [-0.2, 0) is 16.6 Å². The van der Waals surface area contributed by atoms with Gasteiger partial charge in [-0.25, -0.2) is 0 Å². The molecule has 0 bridgehead atoms. The van der Waals surface area contributed by atoms with Gasteiger partial charge < -0.3 is 0 Å². The van der Waals surface area contributed by atoms with Crippen LogP contribution in [0, 0.1) is 0 Å². The monoisotopic (exact) mass is 322 g/mol. The van der Waals surface area contributed by atoms with Gasteiger partial charge in [0.15, 0.2) is 0 Å². The van der Waals surface area contributed by atoms with Gasteiger partial charge in [-0.1, -0.05) is 30.3 Å². The number of hydrogen-bond acceptors (Lipinski definition) is 2. The average molecular weight is 323 g/mol. The van der Waals surface area contributed by atoms with Gasteiger partial charge in [0.25, 0.3) is 0 Å². The van der Waals surface area contributed by atoms with Crippen molar-refractivity contribution in [3.8, 4) is 0 Å². The standard InChI is InChI=1S/C15H15BrOS/c1-15(2,11-6-4-3-5-7-11)14(17)10-13-12(16)8-9-18-13/h3-9H,10H2,1-2H3. The predicted octanol–water partition coefficient (Wildman–Crippen LogP) is 4.60. The van der Waals surface area contributed by atoms with Crippen molar-refractivity contribution < 1.29 is 4.79 Å². The van der Waals surface area contributed by atoms with Crippen molar-refractivity contribution in [2.45, 2.75) is 25.7 Å². The van der Waals surface area contributed by atoms with E-state index < -0.39 is 5.41 Å². The minimum absolute atomic E-state index is 0.247. The number of ketones is 1. The Balaban J connectivity index is 2.21. The molecule has 1 aromatic carbocycles. The normalized spacial score (nSPS) is 11.5. The maximum Gasteiger partial charge on any atom is 0.148 e. The van der Waals surface area contributed by atoms with E-state index in [2.05, 4.69) is 15.9 Å². The lowest BCUT2D eigenvalue weighted by atomic mass is 9.79. The van der Waals surface area contributed by atoms with E-state index in [-0.39, 0.29) is 5.78 Å². The molecule has 0 radical (unpaired) electrons. The molecule has 0 saturated heterocycles. The number of hydrogen-bond donors (Lipinski definition) is 0. The van der Waals surface area contributed by atoms with Crippen molar-refractivity contribution in [2.24, 2.45) is 0 Å². The molecule has 1 nitrogen and oxygen atoms in total. The third-order valence-electron chi connectivity index (χ3n) is 3.20. The van der Waals surface area contributed by atoms with Gasteiger partial charge in [0.2, 0.25) is 0 Å². The van der Waals surface area contributed by atoms with Gasteiger partial charge in [-0.05, 0) is 46.8 Å². The number of carbonyl (C=O) groups is 1. The van der Waals surface area contributed by atoms with E-state index in [9.17, 15) is 4.79 Å². The maximum absolute atomic E-state index is 12.5. The van der Waals surface area contributed by atoms with Crippen molar-refractivity contribution in [2.75, 3.05) is 0 Å². The molecule has 0 fully saturated rings. The Morgan fingerprint density at radius 3 is 2.44 bits per heavy atom. The third kappa shape index (κ3) is 2.73. The summed E-state index contributed by atoms with van der Waals surface area (Å²) in [6.45, 7) is 3.98. The summed E-state index contributed by atoms with van der Waals surface area (Å²) < 4.78 is 1.03. The van der Waals surface area contributed by atoms with Crippen LogP contribution in [0.2, 0.25) is 0 Å². The van der Waals surface area contributed by atoms with Crippen LogP contribution in [0.25, 0.3) is 0 Å². The number of halogens is 1. The fraction of sp³-hybridized carbons (Fsp3) is 0.267. The molecule has 0 N–H and O–H groups in total. The Labute approximate surface area is 120 Å². The predicted molar refractivity (Wildman–Crippen MR) is 80.2 cm³/mol. The zero-order valence-corrected chi connectivity index (χ0v) is 12.8.